The number of hydrogen-bond acceptors (Lipinski definition) is 2. The molecule has 1 atom stereocenters. The largest absolute Gasteiger partial charge is 0.481 e. The van der Waals surface area contributed by atoms with Gasteiger partial charge in [0.05, 0.1) is 5.92 Å². The lowest BCUT2D eigenvalue weighted by Gasteiger charge is -2.25. The molecular weight excluding hydrogens is 257 g/mol. The third-order valence-electron chi connectivity index (χ3n) is 3.27. The monoisotopic (exact) mass is 281 g/mol. The molecule has 0 saturated heterocycles. The predicted molar refractivity (Wildman–Crippen MR) is 77.9 cm³/mol. The number of carboxylic acids is 1. The van der Waals surface area contributed by atoms with Gasteiger partial charge in [-0.25, -0.2) is 4.39 Å². The zero-order chi connectivity index (χ0) is 15.1. The van der Waals surface area contributed by atoms with E-state index in [1.165, 1.54) is 12.1 Å². The van der Waals surface area contributed by atoms with Gasteiger partial charge in [0.25, 0.3) is 0 Å². The molecule has 1 aromatic carbocycles. The summed E-state index contributed by atoms with van der Waals surface area (Å²) in [5.74, 6) is -0.905. The SMILES string of the molecule is CC(C)CCN(Cc1cccc(F)c1)CC(C)C(=O)O. The van der Waals surface area contributed by atoms with Gasteiger partial charge in [-0.2, -0.15) is 0 Å². The fourth-order valence-electron chi connectivity index (χ4n) is 2.03. The van der Waals surface area contributed by atoms with Crippen molar-refractivity contribution >= 4 is 5.97 Å². The Kier molecular flexibility index (Phi) is 6.65. The number of rotatable bonds is 8. The average molecular weight is 281 g/mol. The van der Waals surface area contributed by atoms with Gasteiger partial charge in [0.1, 0.15) is 5.82 Å². The van der Waals surface area contributed by atoms with E-state index in [2.05, 4.69) is 18.7 Å². The molecule has 0 amide bonds. The Morgan fingerprint density at radius 2 is 2.05 bits per heavy atom. The summed E-state index contributed by atoms with van der Waals surface area (Å²) in [5.41, 5.74) is 0.881. The molecule has 3 nitrogen and oxygen atoms in total. The molecule has 112 valence electrons. The van der Waals surface area contributed by atoms with E-state index in [0.717, 1.165) is 18.5 Å². The van der Waals surface area contributed by atoms with Crippen molar-refractivity contribution in [2.24, 2.45) is 11.8 Å². The summed E-state index contributed by atoms with van der Waals surface area (Å²) in [6, 6.07) is 6.48. The summed E-state index contributed by atoms with van der Waals surface area (Å²) in [5, 5.41) is 9.03. The second-order valence-electron chi connectivity index (χ2n) is 5.79. The highest BCUT2D eigenvalue weighted by atomic mass is 19.1. The third-order valence-corrected chi connectivity index (χ3v) is 3.27. The van der Waals surface area contributed by atoms with Crippen LogP contribution in [0.5, 0.6) is 0 Å². The molecule has 0 aliphatic carbocycles. The maximum Gasteiger partial charge on any atom is 0.307 e. The van der Waals surface area contributed by atoms with Gasteiger partial charge < -0.3 is 5.11 Å². The van der Waals surface area contributed by atoms with E-state index in [4.69, 9.17) is 5.11 Å². The zero-order valence-corrected chi connectivity index (χ0v) is 12.5. The number of benzene rings is 1. The first kappa shape index (κ1) is 16.6. The van der Waals surface area contributed by atoms with Gasteiger partial charge in [-0.05, 0) is 36.6 Å². The summed E-state index contributed by atoms with van der Waals surface area (Å²) in [4.78, 5) is 13.1. The summed E-state index contributed by atoms with van der Waals surface area (Å²) >= 11 is 0. The molecule has 0 aliphatic heterocycles. The van der Waals surface area contributed by atoms with Crippen molar-refractivity contribution in [1.82, 2.24) is 4.90 Å². The lowest BCUT2D eigenvalue weighted by atomic mass is 10.1. The fourth-order valence-corrected chi connectivity index (χ4v) is 2.03. The maximum absolute atomic E-state index is 13.2. The average Bonchev–Trinajstić information content (AvgIpc) is 2.35. The second-order valence-corrected chi connectivity index (χ2v) is 5.79. The van der Waals surface area contributed by atoms with E-state index in [-0.39, 0.29) is 5.82 Å². The highest BCUT2D eigenvalue weighted by Crippen LogP contribution is 2.12. The summed E-state index contributed by atoms with van der Waals surface area (Å²) in [7, 11) is 0. The first-order valence-electron chi connectivity index (χ1n) is 7.08. The molecule has 0 bridgehead atoms. The molecule has 1 rings (SSSR count). The minimum atomic E-state index is -0.793. The van der Waals surface area contributed by atoms with Crippen LogP contribution in [0.15, 0.2) is 24.3 Å². The van der Waals surface area contributed by atoms with Crippen molar-refractivity contribution in [1.29, 1.82) is 0 Å². The van der Waals surface area contributed by atoms with Crippen molar-refractivity contribution in [3.05, 3.63) is 35.6 Å². The molecule has 0 saturated carbocycles. The van der Waals surface area contributed by atoms with Crippen molar-refractivity contribution < 1.29 is 14.3 Å². The Balaban J connectivity index is 2.68. The Morgan fingerprint density at radius 1 is 1.35 bits per heavy atom. The van der Waals surface area contributed by atoms with E-state index in [1.807, 2.05) is 6.07 Å². The van der Waals surface area contributed by atoms with E-state index >= 15 is 0 Å². The smallest absolute Gasteiger partial charge is 0.307 e. The molecule has 4 heteroatoms. The molecule has 0 spiro atoms. The second kappa shape index (κ2) is 8.00. The number of nitrogens with zero attached hydrogens (tertiary/aromatic N) is 1. The van der Waals surface area contributed by atoms with Gasteiger partial charge in [-0.15, -0.1) is 0 Å². The quantitative estimate of drug-likeness (QED) is 0.794. The Hall–Kier alpha value is -1.42. The van der Waals surface area contributed by atoms with Crippen molar-refractivity contribution in [2.75, 3.05) is 13.1 Å². The number of carboxylic acid groups (broad SMARTS) is 1. The van der Waals surface area contributed by atoms with Crippen LogP contribution in [0.25, 0.3) is 0 Å². The number of halogens is 1. The minimum absolute atomic E-state index is 0.252. The van der Waals surface area contributed by atoms with Gasteiger partial charge in [-0.1, -0.05) is 32.9 Å². The van der Waals surface area contributed by atoms with Crippen LogP contribution in [-0.4, -0.2) is 29.1 Å². The lowest BCUT2D eigenvalue weighted by Crippen LogP contribution is -2.32. The van der Waals surface area contributed by atoms with Crippen molar-refractivity contribution in [2.45, 2.75) is 33.7 Å². The van der Waals surface area contributed by atoms with Gasteiger partial charge in [0.15, 0.2) is 0 Å². The maximum atomic E-state index is 13.2. The zero-order valence-electron chi connectivity index (χ0n) is 12.5. The standard InChI is InChI=1S/C16H24FNO2/c1-12(2)7-8-18(10-13(3)16(19)20)11-14-5-4-6-15(17)9-14/h4-6,9,12-13H,7-8,10-11H2,1-3H3,(H,19,20). The Labute approximate surface area is 120 Å². The summed E-state index contributed by atoms with van der Waals surface area (Å²) in [6.45, 7) is 7.88. The summed E-state index contributed by atoms with van der Waals surface area (Å²) < 4.78 is 13.2. The lowest BCUT2D eigenvalue weighted by molar-refractivity contribution is -0.141. The van der Waals surface area contributed by atoms with Gasteiger partial charge in [0, 0.05) is 13.1 Å². The number of hydrogen-bond donors (Lipinski definition) is 1. The molecule has 0 aliphatic rings. The van der Waals surface area contributed by atoms with Crippen LogP contribution in [0.1, 0.15) is 32.8 Å². The number of aliphatic carboxylic acids is 1. The topological polar surface area (TPSA) is 40.5 Å². The molecule has 20 heavy (non-hydrogen) atoms. The van der Waals surface area contributed by atoms with E-state index in [9.17, 15) is 9.18 Å². The Bertz CT molecular complexity index is 434. The molecule has 0 fully saturated rings. The summed E-state index contributed by atoms with van der Waals surface area (Å²) in [6.07, 6.45) is 1.00. The van der Waals surface area contributed by atoms with Gasteiger partial charge >= 0.3 is 5.97 Å². The normalized spacial score (nSPS) is 12.9. The van der Waals surface area contributed by atoms with Crippen LogP contribution in [0.2, 0.25) is 0 Å². The van der Waals surface area contributed by atoms with Crippen LogP contribution in [-0.2, 0) is 11.3 Å². The van der Waals surface area contributed by atoms with Crippen molar-refractivity contribution in [3.63, 3.8) is 0 Å². The van der Waals surface area contributed by atoms with Gasteiger partial charge in [0.2, 0.25) is 0 Å². The van der Waals surface area contributed by atoms with Crippen LogP contribution in [0.3, 0.4) is 0 Å². The highest BCUT2D eigenvalue weighted by Gasteiger charge is 2.16. The fraction of sp³-hybridized carbons (Fsp3) is 0.562. The third kappa shape index (κ3) is 6.15. The van der Waals surface area contributed by atoms with Crippen molar-refractivity contribution in [3.8, 4) is 0 Å². The van der Waals surface area contributed by atoms with E-state index in [0.29, 0.717) is 19.0 Å². The predicted octanol–water partition coefficient (Wildman–Crippen LogP) is 3.39. The first-order chi connectivity index (χ1) is 9.38. The molecule has 0 aromatic heterocycles. The van der Waals surface area contributed by atoms with Crippen LogP contribution < -0.4 is 0 Å². The van der Waals surface area contributed by atoms with E-state index in [1.54, 1.807) is 13.0 Å². The van der Waals surface area contributed by atoms with E-state index < -0.39 is 11.9 Å². The molecule has 0 heterocycles. The minimum Gasteiger partial charge on any atom is -0.481 e. The molecule has 1 aromatic rings. The molecular formula is C16H24FNO2. The molecule has 1 unspecified atom stereocenters. The molecule has 0 radical (unpaired) electrons. The van der Waals surface area contributed by atoms with Crippen LogP contribution >= 0.6 is 0 Å². The molecule has 1 N–H and O–H groups in total. The van der Waals surface area contributed by atoms with Crippen LogP contribution in [0, 0.1) is 17.7 Å². The Morgan fingerprint density at radius 3 is 2.60 bits per heavy atom. The highest BCUT2D eigenvalue weighted by molar-refractivity contribution is 5.69. The van der Waals surface area contributed by atoms with Crippen LogP contribution in [0.4, 0.5) is 4.39 Å². The van der Waals surface area contributed by atoms with Gasteiger partial charge in [-0.3, -0.25) is 9.69 Å². The number of carbonyl (C=O) groups is 1. The first-order valence-corrected chi connectivity index (χ1v) is 7.08.